The second-order valence-electron chi connectivity index (χ2n) is 3.99. The van der Waals surface area contributed by atoms with Crippen molar-refractivity contribution in [3.05, 3.63) is 59.1 Å². The van der Waals surface area contributed by atoms with Crippen LogP contribution in [0.1, 0.15) is 5.56 Å². The fraction of sp³-hybridized carbons (Fsp3) is 0.133. The molecule has 2 rings (SSSR count). The molecule has 0 saturated carbocycles. The van der Waals surface area contributed by atoms with E-state index in [-0.39, 0.29) is 0 Å². The summed E-state index contributed by atoms with van der Waals surface area (Å²) in [5.41, 5.74) is 0.583. The zero-order chi connectivity index (χ0) is 14.4. The van der Waals surface area contributed by atoms with Gasteiger partial charge in [0.05, 0.1) is 28.2 Å². The molecule has 1 unspecified atom stereocenters. The number of nitriles is 1. The Kier molecular flexibility index (Phi) is 5.16. The zero-order valence-corrected chi connectivity index (χ0v) is 12.2. The molecular weight excluding hydrogens is 294 g/mol. The number of halogens is 1. The van der Waals surface area contributed by atoms with Gasteiger partial charge in [0.15, 0.2) is 0 Å². The highest BCUT2D eigenvalue weighted by Gasteiger charge is 2.05. The highest BCUT2D eigenvalue weighted by atomic mass is 35.5. The first-order valence-electron chi connectivity index (χ1n) is 5.96. The van der Waals surface area contributed by atoms with Crippen LogP contribution in [0.25, 0.3) is 0 Å². The topological polar surface area (TPSA) is 50.1 Å². The summed E-state index contributed by atoms with van der Waals surface area (Å²) >= 11 is 5.86. The van der Waals surface area contributed by atoms with Crippen LogP contribution in [0.2, 0.25) is 5.02 Å². The second-order valence-corrected chi connectivity index (χ2v) is 6.00. The van der Waals surface area contributed by atoms with E-state index in [9.17, 15) is 4.21 Å². The van der Waals surface area contributed by atoms with Crippen molar-refractivity contribution in [2.45, 2.75) is 4.90 Å². The van der Waals surface area contributed by atoms with Crippen LogP contribution in [-0.2, 0) is 10.8 Å². The van der Waals surface area contributed by atoms with E-state index in [4.69, 9.17) is 21.6 Å². The molecule has 1 atom stereocenters. The first-order chi connectivity index (χ1) is 9.69. The molecule has 5 heteroatoms. The van der Waals surface area contributed by atoms with Crippen molar-refractivity contribution in [2.24, 2.45) is 0 Å². The van der Waals surface area contributed by atoms with E-state index in [0.717, 1.165) is 0 Å². The Morgan fingerprint density at radius 1 is 1.20 bits per heavy atom. The fourth-order valence-corrected chi connectivity index (χ4v) is 2.80. The maximum absolute atomic E-state index is 12.0. The summed E-state index contributed by atoms with van der Waals surface area (Å²) in [6, 6.07) is 15.8. The molecule has 3 nitrogen and oxygen atoms in total. The van der Waals surface area contributed by atoms with Crippen LogP contribution < -0.4 is 4.74 Å². The minimum atomic E-state index is -1.14. The van der Waals surface area contributed by atoms with Crippen molar-refractivity contribution in [1.29, 1.82) is 5.26 Å². The molecule has 102 valence electrons. The lowest BCUT2D eigenvalue weighted by Gasteiger charge is -2.06. The standard InChI is InChI=1S/C15H12ClNO2S/c16-13-2-1-3-15(10-13)20(18)9-8-19-14-6-4-12(11-17)5-7-14/h1-7,10H,8-9H2. The van der Waals surface area contributed by atoms with Gasteiger partial charge in [0.2, 0.25) is 0 Å². The van der Waals surface area contributed by atoms with Crippen LogP contribution in [0.3, 0.4) is 0 Å². The summed E-state index contributed by atoms with van der Waals surface area (Å²) in [6.45, 7) is 0.338. The molecule has 0 heterocycles. The predicted octanol–water partition coefficient (Wildman–Crippen LogP) is 3.40. The molecule has 0 spiro atoms. The van der Waals surface area contributed by atoms with E-state index in [1.54, 1.807) is 48.5 Å². The van der Waals surface area contributed by atoms with Crippen LogP contribution in [0.15, 0.2) is 53.4 Å². The monoisotopic (exact) mass is 305 g/mol. The zero-order valence-electron chi connectivity index (χ0n) is 10.6. The smallest absolute Gasteiger partial charge is 0.119 e. The van der Waals surface area contributed by atoms with Gasteiger partial charge in [-0.3, -0.25) is 4.21 Å². The number of benzene rings is 2. The lowest BCUT2D eigenvalue weighted by molar-refractivity contribution is 0.342. The second kappa shape index (κ2) is 7.09. The highest BCUT2D eigenvalue weighted by Crippen LogP contribution is 2.15. The van der Waals surface area contributed by atoms with Gasteiger partial charge in [0.1, 0.15) is 12.4 Å². The number of nitrogens with zero attached hydrogens (tertiary/aromatic N) is 1. The normalized spacial score (nSPS) is 11.6. The maximum atomic E-state index is 12.0. The number of hydrogen-bond acceptors (Lipinski definition) is 3. The fourth-order valence-electron chi connectivity index (χ4n) is 1.59. The Morgan fingerprint density at radius 3 is 2.60 bits per heavy atom. The Balaban J connectivity index is 1.86. The van der Waals surface area contributed by atoms with Crippen LogP contribution in [0.4, 0.5) is 0 Å². The molecule has 0 aliphatic carbocycles. The molecule has 0 aromatic heterocycles. The minimum Gasteiger partial charge on any atom is -0.493 e. The van der Waals surface area contributed by atoms with Gasteiger partial charge in [-0.2, -0.15) is 5.26 Å². The molecule has 0 fully saturated rings. The Bertz CT molecular complexity index is 650. The van der Waals surface area contributed by atoms with E-state index >= 15 is 0 Å². The molecule has 0 N–H and O–H groups in total. The summed E-state index contributed by atoms with van der Waals surface area (Å²) < 4.78 is 17.5. The van der Waals surface area contributed by atoms with E-state index < -0.39 is 10.8 Å². The molecule has 0 saturated heterocycles. The summed E-state index contributed by atoms with van der Waals surface area (Å²) in [5, 5.41) is 9.26. The van der Waals surface area contributed by atoms with Gasteiger partial charge in [0.25, 0.3) is 0 Å². The van der Waals surface area contributed by atoms with Gasteiger partial charge in [0, 0.05) is 9.92 Å². The molecular formula is C15H12ClNO2S. The van der Waals surface area contributed by atoms with Crippen molar-refractivity contribution in [1.82, 2.24) is 0 Å². The summed E-state index contributed by atoms with van der Waals surface area (Å²) in [4.78, 5) is 0.695. The van der Waals surface area contributed by atoms with E-state index in [1.165, 1.54) is 0 Å². The average Bonchev–Trinajstić information content (AvgIpc) is 2.48. The van der Waals surface area contributed by atoms with Crippen LogP contribution in [0, 0.1) is 11.3 Å². The minimum absolute atomic E-state index is 0.338. The van der Waals surface area contributed by atoms with E-state index in [0.29, 0.717) is 33.6 Å². The van der Waals surface area contributed by atoms with Gasteiger partial charge in [-0.25, -0.2) is 0 Å². The van der Waals surface area contributed by atoms with Crippen LogP contribution in [-0.4, -0.2) is 16.6 Å². The maximum Gasteiger partial charge on any atom is 0.119 e. The summed E-state index contributed by atoms with van der Waals surface area (Å²) in [5.74, 6) is 1.05. The van der Waals surface area contributed by atoms with Gasteiger partial charge in [-0.05, 0) is 42.5 Å². The van der Waals surface area contributed by atoms with Crippen molar-refractivity contribution < 1.29 is 8.95 Å². The molecule has 2 aromatic rings. The Morgan fingerprint density at radius 2 is 1.95 bits per heavy atom. The predicted molar refractivity (Wildman–Crippen MR) is 79.4 cm³/mol. The first-order valence-corrected chi connectivity index (χ1v) is 7.65. The van der Waals surface area contributed by atoms with Crippen molar-refractivity contribution in [3.63, 3.8) is 0 Å². The van der Waals surface area contributed by atoms with E-state index in [2.05, 4.69) is 0 Å². The lowest BCUT2D eigenvalue weighted by Crippen LogP contribution is -2.08. The number of ether oxygens (including phenoxy) is 1. The average molecular weight is 306 g/mol. The number of rotatable bonds is 5. The lowest BCUT2D eigenvalue weighted by atomic mass is 10.2. The SMILES string of the molecule is N#Cc1ccc(OCCS(=O)c2cccc(Cl)c2)cc1. The van der Waals surface area contributed by atoms with Gasteiger partial charge in [-0.15, -0.1) is 0 Å². The molecule has 2 aromatic carbocycles. The van der Waals surface area contributed by atoms with Crippen molar-refractivity contribution >= 4 is 22.4 Å². The quantitative estimate of drug-likeness (QED) is 0.850. The molecule has 0 aliphatic heterocycles. The molecule has 0 amide bonds. The summed E-state index contributed by atoms with van der Waals surface area (Å²) in [7, 11) is -1.14. The van der Waals surface area contributed by atoms with Gasteiger partial charge >= 0.3 is 0 Å². The third-order valence-corrected chi connectivity index (χ3v) is 4.13. The first kappa shape index (κ1) is 14.6. The van der Waals surface area contributed by atoms with Crippen LogP contribution in [0.5, 0.6) is 5.75 Å². The Hall–Kier alpha value is -1.83. The molecule has 0 radical (unpaired) electrons. The highest BCUT2D eigenvalue weighted by molar-refractivity contribution is 7.85. The summed E-state index contributed by atoms with van der Waals surface area (Å²) in [6.07, 6.45) is 0. The van der Waals surface area contributed by atoms with Gasteiger partial charge < -0.3 is 4.74 Å². The third-order valence-electron chi connectivity index (χ3n) is 2.58. The molecule has 0 aliphatic rings. The van der Waals surface area contributed by atoms with E-state index in [1.807, 2.05) is 6.07 Å². The largest absolute Gasteiger partial charge is 0.493 e. The Labute approximate surface area is 125 Å². The third kappa shape index (κ3) is 4.09. The van der Waals surface area contributed by atoms with Crippen LogP contribution >= 0.6 is 11.6 Å². The van der Waals surface area contributed by atoms with Gasteiger partial charge in [-0.1, -0.05) is 17.7 Å². The van der Waals surface area contributed by atoms with Crippen molar-refractivity contribution in [2.75, 3.05) is 12.4 Å². The number of hydrogen-bond donors (Lipinski definition) is 0. The van der Waals surface area contributed by atoms with Crippen molar-refractivity contribution in [3.8, 4) is 11.8 Å². The molecule has 0 bridgehead atoms. The molecule has 20 heavy (non-hydrogen) atoms.